The molecule has 2 aromatic heterocycles. The third-order valence-electron chi connectivity index (χ3n) is 5.90. The van der Waals surface area contributed by atoms with Crippen molar-refractivity contribution in [3.05, 3.63) is 42.2 Å². The molecule has 2 aliphatic heterocycles. The molecule has 8 heteroatoms. The maximum Gasteiger partial charge on any atom is 0.274 e. The van der Waals surface area contributed by atoms with Gasteiger partial charge in [0.05, 0.1) is 17.9 Å². The normalized spacial score (nSPS) is 22.2. The molecule has 2 saturated heterocycles. The molecule has 2 fully saturated rings. The van der Waals surface area contributed by atoms with Crippen molar-refractivity contribution in [2.45, 2.75) is 30.7 Å². The first-order valence-electron chi connectivity index (χ1n) is 8.82. The van der Waals surface area contributed by atoms with Gasteiger partial charge < -0.3 is 9.80 Å². The lowest BCUT2D eigenvalue weighted by Crippen LogP contribution is -2.55. The van der Waals surface area contributed by atoms with E-state index in [1.807, 2.05) is 36.3 Å². The molecule has 2 amide bonds. The van der Waals surface area contributed by atoms with Gasteiger partial charge >= 0.3 is 0 Å². The molecule has 8 nitrogen and oxygen atoms in total. The van der Waals surface area contributed by atoms with E-state index in [0.29, 0.717) is 25.2 Å². The number of hydrogen-bond acceptors (Lipinski definition) is 5. The largest absolute Gasteiger partial charge is 0.339 e. The number of carbonyl (C=O) groups excluding carboxylic acids is 2. The second-order valence-corrected chi connectivity index (χ2v) is 7.14. The molecule has 1 spiro atoms. The summed E-state index contributed by atoms with van der Waals surface area (Å²) in [5.74, 6) is 0.174. The number of hydrogen-bond donors (Lipinski definition) is 0. The number of nitrogens with zero attached hydrogens (tertiary/aromatic N) is 6. The van der Waals surface area contributed by atoms with E-state index in [2.05, 4.69) is 15.1 Å². The lowest BCUT2D eigenvalue weighted by molar-refractivity contribution is -0.130. The van der Waals surface area contributed by atoms with Crippen LogP contribution < -0.4 is 0 Å². The Balaban J connectivity index is 1.55. The minimum Gasteiger partial charge on any atom is -0.339 e. The Bertz CT molecular complexity index is 825. The molecule has 4 heterocycles. The van der Waals surface area contributed by atoms with Crippen LogP contribution in [-0.2, 0) is 11.8 Å². The van der Waals surface area contributed by atoms with Crippen LogP contribution in [0, 0.1) is 0 Å². The quantitative estimate of drug-likeness (QED) is 0.798. The van der Waals surface area contributed by atoms with Crippen LogP contribution in [0.2, 0.25) is 0 Å². The molecular weight excluding hydrogens is 332 g/mol. The standard InChI is InChI=1S/C18H22N6O2/c1-22-12-13(10-21-22)14-9-16(25)23(2)18(14)3-7-24(8-4-18)17(26)15-11-19-5-6-20-15/h5-6,10-12,14H,3-4,7-9H2,1-2H3/t14-/m0/s1. The number of aryl methyl sites for hydroxylation is 1. The molecule has 4 rings (SSSR count). The third kappa shape index (κ3) is 2.56. The summed E-state index contributed by atoms with van der Waals surface area (Å²) in [6, 6.07) is 0. The summed E-state index contributed by atoms with van der Waals surface area (Å²) in [5, 5.41) is 4.28. The van der Waals surface area contributed by atoms with Gasteiger partial charge in [-0.05, 0) is 18.4 Å². The maximum atomic E-state index is 12.6. The van der Waals surface area contributed by atoms with E-state index in [9.17, 15) is 9.59 Å². The first-order valence-corrected chi connectivity index (χ1v) is 8.82. The molecule has 0 aliphatic carbocycles. The van der Waals surface area contributed by atoms with E-state index in [4.69, 9.17) is 0 Å². The molecule has 2 aromatic rings. The van der Waals surface area contributed by atoms with Crippen molar-refractivity contribution in [1.29, 1.82) is 0 Å². The fraction of sp³-hybridized carbons (Fsp3) is 0.500. The SMILES string of the molecule is CN1C(=O)C[C@@H](c2cnn(C)c2)C12CCN(C(=O)c1cnccn1)CC2. The van der Waals surface area contributed by atoms with E-state index in [0.717, 1.165) is 18.4 Å². The molecule has 0 radical (unpaired) electrons. The summed E-state index contributed by atoms with van der Waals surface area (Å²) >= 11 is 0. The molecule has 26 heavy (non-hydrogen) atoms. The van der Waals surface area contributed by atoms with Crippen LogP contribution >= 0.6 is 0 Å². The second kappa shape index (κ2) is 6.19. The summed E-state index contributed by atoms with van der Waals surface area (Å²) in [6.07, 6.45) is 10.4. The van der Waals surface area contributed by atoms with Crippen LogP contribution in [0.1, 0.15) is 41.2 Å². The maximum absolute atomic E-state index is 12.6. The fourth-order valence-corrected chi connectivity index (χ4v) is 4.38. The second-order valence-electron chi connectivity index (χ2n) is 7.14. The first-order chi connectivity index (χ1) is 12.5. The topological polar surface area (TPSA) is 84.2 Å². The zero-order valence-electron chi connectivity index (χ0n) is 15.0. The molecule has 0 saturated carbocycles. The van der Waals surface area contributed by atoms with Crippen molar-refractivity contribution in [2.24, 2.45) is 7.05 Å². The number of aromatic nitrogens is 4. The molecule has 2 aliphatic rings. The molecule has 136 valence electrons. The lowest BCUT2D eigenvalue weighted by Gasteiger charge is -2.46. The Labute approximate surface area is 151 Å². The van der Waals surface area contributed by atoms with Crippen molar-refractivity contribution < 1.29 is 9.59 Å². The van der Waals surface area contributed by atoms with E-state index in [1.54, 1.807) is 10.9 Å². The van der Waals surface area contributed by atoms with Gasteiger partial charge in [-0.2, -0.15) is 5.10 Å². The number of amides is 2. The van der Waals surface area contributed by atoms with Crippen LogP contribution in [-0.4, -0.2) is 67.0 Å². The highest BCUT2D eigenvalue weighted by atomic mass is 16.2. The highest BCUT2D eigenvalue weighted by molar-refractivity contribution is 5.92. The Hall–Kier alpha value is -2.77. The Morgan fingerprint density at radius 3 is 2.58 bits per heavy atom. The molecule has 1 atom stereocenters. The summed E-state index contributed by atoms with van der Waals surface area (Å²) in [5.41, 5.74) is 1.21. The molecule has 0 N–H and O–H groups in total. The van der Waals surface area contributed by atoms with Crippen molar-refractivity contribution in [1.82, 2.24) is 29.5 Å². The fourth-order valence-electron chi connectivity index (χ4n) is 4.38. The number of likely N-dealkylation sites (N-methyl/N-ethyl adjacent to an activating group) is 1. The Kier molecular flexibility index (Phi) is 3.97. The number of likely N-dealkylation sites (tertiary alicyclic amines) is 2. The van der Waals surface area contributed by atoms with Crippen molar-refractivity contribution >= 4 is 11.8 Å². The monoisotopic (exact) mass is 354 g/mol. The van der Waals surface area contributed by atoms with Gasteiger partial charge in [0, 0.05) is 58.1 Å². The summed E-state index contributed by atoms with van der Waals surface area (Å²) < 4.78 is 1.78. The van der Waals surface area contributed by atoms with Crippen LogP contribution in [0.15, 0.2) is 31.0 Å². The first kappa shape index (κ1) is 16.7. The van der Waals surface area contributed by atoms with Gasteiger partial charge in [0.1, 0.15) is 5.69 Å². The van der Waals surface area contributed by atoms with Gasteiger partial charge in [-0.1, -0.05) is 0 Å². The zero-order chi connectivity index (χ0) is 18.3. The number of carbonyl (C=O) groups is 2. The van der Waals surface area contributed by atoms with Crippen LogP contribution in [0.5, 0.6) is 0 Å². The third-order valence-corrected chi connectivity index (χ3v) is 5.90. The smallest absolute Gasteiger partial charge is 0.274 e. The van der Waals surface area contributed by atoms with Gasteiger partial charge in [0.25, 0.3) is 5.91 Å². The number of piperidine rings is 1. The van der Waals surface area contributed by atoms with Gasteiger partial charge in [-0.3, -0.25) is 19.3 Å². The van der Waals surface area contributed by atoms with Gasteiger partial charge in [0.2, 0.25) is 5.91 Å². The van der Waals surface area contributed by atoms with Crippen LogP contribution in [0.25, 0.3) is 0 Å². The zero-order valence-corrected chi connectivity index (χ0v) is 15.0. The van der Waals surface area contributed by atoms with Crippen molar-refractivity contribution in [2.75, 3.05) is 20.1 Å². The van der Waals surface area contributed by atoms with Gasteiger partial charge in [-0.15, -0.1) is 0 Å². The predicted octanol–water partition coefficient (Wildman–Crippen LogP) is 0.831. The average molecular weight is 354 g/mol. The summed E-state index contributed by atoms with van der Waals surface area (Å²) in [4.78, 5) is 36.9. The van der Waals surface area contributed by atoms with E-state index in [-0.39, 0.29) is 23.3 Å². The Morgan fingerprint density at radius 2 is 1.96 bits per heavy atom. The molecular formula is C18H22N6O2. The van der Waals surface area contributed by atoms with E-state index >= 15 is 0 Å². The van der Waals surface area contributed by atoms with Crippen molar-refractivity contribution in [3.63, 3.8) is 0 Å². The highest BCUT2D eigenvalue weighted by Gasteiger charge is 2.53. The number of rotatable bonds is 2. The minimum absolute atomic E-state index is 0.0992. The average Bonchev–Trinajstić information content (AvgIpc) is 3.20. The van der Waals surface area contributed by atoms with Crippen molar-refractivity contribution in [3.8, 4) is 0 Å². The highest BCUT2D eigenvalue weighted by Crippen LogP contribution is 2.48. The molecule has 0 unspecified atom stereocenters. The molecule has 0 aromatic carbocycles. The van der Waals surface area contributed by atoms with Gasteiger partial charge in [0.15, 0.2) is 0 Å². The molecule has 0 bridgehead atoms. The van der Waals surface area contributed by atoms with Gasteiger partial charge in [-0.25, -0.2) is 4.98 Å². The summed E-state index contributed by atoms with van der Waals surface area (Å²) in [7, 11) is 3.78. The lowest BCUT2D eigenvalue weighted by atomic mass is 9.74. The van der Waals surface area contributed by atoms with E-state index < -0.39 is 0 Å². The van der Waals surface area contributed by atoms with Crippen LogP contribution in [0.3, 0.4) is 0 Å². The minimum atomic E-state index is -0.251. The summed E-state index contributed by atoms with van der Waals surface area (Å²) in [6.45, 7) is 1.20. The van der Waals surface area contributed by atoms with Crippen LogP contribution in [0.4, 0.5) is 0 Å². The Morgan fingerprint density at radius 1 is 1.19 bits per heavy atom. The predicted molar refractivity (Wildman–Crippen MR) is 93.2 cm³/mol. The van der Waals surface area contributed by atoms with E-state index in [1.165, 1.54) is 12.4 Å².